The van der Waals surface area contributed by atoms with Gasteiger partial charge < -0.3 is 15.2 Å². The van der Waals surface area contributed by atoms with Gasteiger partial charge in [-0.05, 0) is 29.7 Å². The zero-order chi connectivity index (χ0) is 20.8. The van der Waals surface area contributed by atoms with Crippen LogP contribution in [-0.2, 0) is 25.5 Å². The summed E-state index contributed by atoms with van der Waals surface area (Å²) >= 11 is 0. The number of imide groups is 1. The van der Waals surface area contributed by atoms with Crippen molar-refractivity contribution in [1.82, 2.24) is 4.90 Å². The first-order valence-corrected chi connectivity index (χ1v) is 9.20. The van der Waals surface area contributed by atoms with Crippen LogP contribution in [0.2, 0.25) is 0 Å². The van der Waals surface area contributed by atoms with E-state index in [1.54, 1.807) is 12.1 Å². The van der Waals surface area contributed by atoms with Crippen LogP contribution < -0.4 is 5.32 Å². The molecule has 1 aliphatic heterocycles. The normalized spacial score (nSPS) is 14.6. The molecular formula is C22H22N2O5. The summed E-state index contributed by atoms with van der Waals surface area (Å²) in [5, 5.41) is 11.9. The smallest absolute Gasteiger partial charge is 0.313 e. The molecule has 0 aliphatic carbocycles. The first kappa shape index (κ1) is 20.3. The third-order valence-electron chi connectivity index (χ3n) is 4.69. The number of amides is 2. The number of esters is 1. The Labute approximate surface area is 168 Å². The predicted molar refractivity (Wildman–Crippen MR) is 107 cm³/mol. The monoisotopic (exact) mass is 394 g/mol. The molecule has 29 heavy (non-hydrogen) atoms. The molecule has 0 saturated heterocycles. The van der Waals surface area contributed by atoms with E-state index in [4.69, 9.17) is 9.84 Å². The summed E-state index contributed by atoms with van der Waals surface area (Å²) in [4.78, 5) is 37.2. The summed E-state index contributed by atoms with van der Waals surface area (Å²) in [5.41, 5.74) is 2.61. The lowest BCUT2D eigenvalue weighted by Crippen LogP contribution is -2.34. The number of ether oxygens (including phenoxy) is 1. The quantitative estimate of drug-likeness (QED) is 0.524. The van der Waals surface area contributed by atoms with E-state index in [1.165, 1.54) is 13.2 Å². The average Bonchev–Trinajstić information content (AvgIpc) is 3.01. The molecule has 0 saturated carbocycles. The van der Waals surface area contributed by atoms with Gasteiger partial charge in [-0.15, -0.1) is 0 Å². The van der Waals surface area contributed by atoms with Gasteiger partial charge in [0.15, 0.2) is 0 Å². The molecule has 2 amide bonds. The van der Waals surface area contributed by atoms with Gasteiger partial charge in [0.05, 0.1) is 26.2 Å². The van der Waals surface area contributed by atoms with Gasteiger partial charge in [0.2, 0.25) is 0 Å². The Hall–Kier alpha value is -3.45. The van der Waals surface area contributed by atoms with Crippen LogP contribution in [0.1, 0.15) is 17.0 Å². The zero-order valence-corrected chi connectivity index (χ0v) is 16.0. The van der Waals surface area contributed by atoms with Crippen LogP contribution in [0.15, 0.2) is 66.4 Å². The Morgan fingerprint density at radius 2 is 1.79 bits per heavy atom. The summed E-state index contributed by atoms with van der Waals surface area (Å²) < 4.78 is 4.95. The number of nitrogens with one attached hydrogen (secondary N) is 1. The maximum absolute atomic E-state index is 12.2. The van der Waals surface area contributed by atoms with E-state index in [-0.39, 0.29) is 24.8 Å². The number of anilines is 1. The highest BCUT2D eigenvalue weighted by Crippen LogP contribution is 2.24. The number of carbonyl (C=O) groups is 3. The van der Waals surface area contributed by atoms with E-state index in [2.05, 4.69) is 5.32 Å². The number of aliphatic hydroxyl groups excluding tert-OH is 1. The Kier molecular flexibility index (Phi) is 6.41. The molecular weight excluding hydrogens is 372 g/mol. The number of aliphatic hydroxyl groups is 1. The Morgan fingerprint density at radius 3 is 2.41 bits per heavy atom. The third-order valence-corrected chi connectivity index (χ3v) is 4.69. The van der Waals surface area contributed by atoms with Gasteiger partial charge in [0, 0.05) is 11.8 Å². The van der Waals surface area contributed by atoms with E-state index >= 15 is 0 Å². The van der Waals surface area contributed by atoms with Crippen LogP contribution >= 0.6 is 0 Å². The largest absolute Gasteiger partial charge is 0.469 e. The van der Waals surface area contributed by atoms with Gasteiger partial charge in [0.25, 0.3) is 11.8 Å². The number of rotatable bonds is 8. The molecule has 2 aromatic rings. The van der Waals surface area contributed by atoms with Crippen molar-refractivity contribution in [3.63, 3.8) is 0 Å². The molecule has 0 radical (unpaired) electrons. The van der Waals surface area contributed by atoms with Crippen molar-refractivity contribution in [1.29, 1.82) is 0 Å². The van der Waals surface area contributed by atoms with E-state index in [1.807, 2.05) is 42.5 Å². The molecule has 3 rings (SSSR count). The maximum atomic E-state index is 12.2. The number of hydrogen-bond acceptors (Lipinski definition) is 6. The minimum absolute atomic E-state index is 0.0350. The van der Waals surface area contributed by atoms with Crippen molar-refractivity contribution in [2.45, 2.75) is 12.3 Å². The minimum atomic E-state index is -0.469. The number of benzene rings is 2. The van der Waals surface area contributed by atoms with Gasteiger partial charge in [-0.3, -0.25) is 19.3 Å². The molecule has 0 bridgehead atoms. The summed E-state index contributed by atoms with van der Waals surface area (Å²) in [6.07, 6.45) is 1.69. The van der Waals surface area contributed by atoms with Crippen molar-refractivity contribution in [3.8, 4) is 0 Å². The third kappa shape index (κ3) is 4.70. The Bertz CT molecular complexity index is 922. The second-order valence-corrected chi connectivity index (χ2v) is 6.59. The first-order chi connectivity index (χ1) is 14.0. The highest BCUT2D eigenvalue weighted by atomic mass is 16.5. The average molecular weight is 394 g/mol. The fraction of sp³-hybridized carbons (Fsp3) is 0.227. The molecule has 7 nitrogen and oxygen atoms in total. The second-order valence-electron chi connectivity index (χ2n) is 6.59. The lowest BCUT2D eigenvalue weighted by molar-refractivity contribution is -0.142. The van der Waals surface area contributed by atoms with Gasteiger partial charge >= 0.3 is 5.97 Å². The summed E-state index contributed by atoms with van der Waals surface area (Å²) in [6, 6.07) is 16.7. The van der Waals surface area contributed by atoms with Crippen LogP contribution in [0, 0.1) is 0 Å². The van der Waals surface area contributed by atoms with Crippen molar-refractivity contribution in [3.05, 3.63) is 77.5 Å². The van der Waals surface area contributed by atoms with Crippen molar-refractivity contribution < 1.29 is 24.2 Å². The lowest BCUT2D eigenvalue weighted by atomic mass is 9.92. The van der Waals surface area contributed by atoms with Gasteiger partial charge in [-0.25, -0.2) is 0 Å². The fourth-order valence-electron chi connectivity index (χ4n) is 3.19. The number of carbonyl (C=O) groups excluding carboxylic acids is 3. The van der Waals surface area contributed by atoms with Crippen molar-refractivity contribution >= 4 is 23.5 Å². The predicted octanol–water partition coefficient (Wildman–Crippen LogP) is 1.84. The number of methoxy groups -OCH3 is 1. The molecule has 2 N–H and O–H groups in total. The standard InChI is InChI=1S/C22H22N2O5/c1-29-22(28)18(16-5-3-2-4-6-16)13-15-7-9-17(10-8-15)23-19-14-20(26)24(11-12-25)21(19)27/h2-10,14,18,23,25H,11-13H2,1H3. The summed E-state index contributed by atoms with van der Waals surface area (Å²) in [5.74, 6) is -1.64. The molecule has 2 aromatic carbocycles. The van der Waals surface area contributed by atoms with Crippen LogP contribution in [0.3, 0.4) is 0 Å². The van der Waals surface area contributed by atoms with Crippen molar-refractivity contribution in [2.24, 2.45) is 0 Å². The molecule has 1 aliphatic rings. The molecule has 0 fully saturated rings. The maximum Gasteiger partial charge on any atom is 0.313 e. The highest BCUT2D eigenvalue weighted by molar-refractivity contribution is 6.17. The van der Waals surface area contributed by atoms with E-state index in [0.717, 1.165) is 16.0 Å². The Morgan fingerprint density at radius 1 is 1.10 bits per heavy atom. The first-order valence-electron chi connectivity index (χ1n) is 9.20. The van der Waals surface area contributed by atoms with Gasteiger partial charge in [0.1, 0.15) is 5.70 Å². The topological polar surface area (TPSA) is 95.9 Å². The molecule has 0 aromatic heterocycles. The lowest BCUT2D eigenvalue weighted by Gasteiger charge is -2.16. The zero-order valence-electron chi connectivity index (χ0n) is 16.0. The fourth-order valence-corrected chi connectivity index (χ4v) is 3.19. The van der Waals surface area contributed by atoms with Crippen LogP contribution in [-0.4, -0.2) is 48.1 Å². The summed E-state index contributed by atoms with van der Waals surface area (Å²) in [6.45, 7) is -0.317. The molecule has 0 spiro atoms. The second kappa shape index (κ2) is 9.16. The molecule has 1 atom stereocenters. The van der Waals surface area contributed by atoms with Crippen molar-refractivity contribution in [2.75, 3.05) is 25.6 Å². The van der Waals surface area contributed by atoms with Gasteiger partial charge in [-0.2, -0.15) is 0 Å². The summed E-state index contributed by atoms with van der Waals surface area (Å²) in [7, 11) is 1.37. The van der Waals surface area contributed by atoms with E-state index in [9.17, 15) is 14.4 Å². The van der Waals surface area contributed by atoms with Crippen LogP contribution in [0.25, 0.3) is 0 Å². The van der Waals surface area contributed by atoms with Gasteiger partial charge in [-0.1, -0.05) is 42.5 Å². The number of hydrogen-bond donors (Lipinski definition) is 2. The molecule has 7 heteroatoms. The minimum Gasteiger partial charge on any atom is -0.469 e. The highest BCUT2D eigenvalue weighted by Gasteiger charge is 2.30. The molecule has 1 unspecified atom stereocenters. The number of nitrogens with zero attached hydrogens (tertiary/aromatic N) is 1. The number of β-amino-alcohol motifs (C(OH)–C–C–N with tert-alkyl or cyclic N) is 1. The molecule has 1 heterocycles. The molecule has 150 valence electrons. The van der Waals surface area contributed by atoms with Crippen LogP contribution in [0.5, 0.6) is 0 Å². The van der Waals surface area contributed by atoms with Crippen LogP contribution in [0.4, 0.5) is 5.69 Å². The van der Waals surface area contributed by atoms with E-state index in [0.29, 0.717) is 12.1 Å². The van der Waals surface area contributed by atoms with E-state index < -0.39 is 17.7 Å². The SMILES string of the molecule is COC(=O)C(Cc1ccc(NC2=CC(=O)N(CCO)C2=O)cc1)c1ccccc1. The Balaban J connectivity index is 1.70.